The first-order valence-corrected chi connectivity index (χ1v) is 11.8. The van der Waals surface area contributed by atoms with Gasteiger partial charge in [-0.1, -0.05) is 68.3 Å². The Bertz CT molecular complexity index is 843. The Balaban J connectivity index is 1.51. The lowest BCUT2D eigenvalue weighted by molar-refractivity contribution is 0.145. The Kier molecular flexibility index (Phi) is 8.80. The van der Waals surface area contributed by atoms with Crippen LogP contribution in [0.25, 0.3) is 11.1 Å². The van der Waals surface area contributed by atoms with Gasteiger partial charge in [0.25, 0.3) is 6.43 Å². The third-order valence-corrected chi connectivity index (χ3v) is 6.82. The van der Waals surface area contributed by atoms with Crippen molar-refractivity contribution in [1.82, 2.24) is 0 Å². The number of alkyl halides is 2. The van der Waals surface area contributed by atoms with Gasteiger partial charge < -0.3 is 0 Å². The third kappa shape index (κ3) is 6.24. The number of aryl methyl sites for hydroxylation is 2. The van der Waals surface area contributed by atoms with Crippen LogP contribution < -0.4 is 0 Å². The molecule has 1 fully saturated rings. The van der Waals surface area contributed by atoms with Crippen molar-refractivity contribution in [2.45, 2.75) is 78.1 Å². The van der Waals surface area contributed by atoms with Crippen LogP contribution in [0, 0.1) is 17.7 Å². The Hall–Kier alpha value is -2.03. The second kappa shape index (κ2) is 11.5. The standard InChI is InChI=1S/C28H35F3/c1-3-7-20-10-12-21(13-11-20)8-5-6-9-22-14-16-24(17-15-22)25-19-18-23(4-2)26(27(25)29)28(30)31/h3,7,14-21,28H,4-6,8-13H2,1-2H3/b7-3+. The van der Waals surface area contributed by atoms with E-state index in [9.17, 15) is 13.2 Å². The topological polar surface area (TPSA) is 0 Å². The highest BCUT2D eigenvalue weighted by atomic mass is 19.3. The molecule has 0 aliphatic heterocycles. The molecule has 0 N–H and O–H groups in total. The molecule has 3 heteroatoms. The predicted molar refractivity (Wildman–Crippen MR) is 124 cm³/mol. The summed E-state index contributed by atoms with van der Waals surface area (Å²) in [6.45, 7) is 3.88. The summed E-state index contributed by atoms with van der Waals surface area (Å²) in [7, 11) is 0. The maximum Gasteiger partial charge on any atom is 0.266 e. The van der Waals surface area contributed by atoms with E-state index >= 15 is 0 Å². The van der Waals surface area contributed by atoms with Crippen molar-refractivity contribution in [3.63, 3.8) is 0 Å². The van der Waals surface area contributed by atoms with E-state index in [0.29, 0.717) is 17.5 Å². The van der Waals surface area contributed by atoms with Crippen molar-refractivity contribution >= 4 is 0 Å². The summed E-state index contributed by atoms with van der Waals surface area (Å²) in [5.41, 5.74) is 2.06. The largest absolute Gasteiger partial charge is 0.266 e. The molecule has 0 nitrogen and oxygen atoms in total. The molecule has 0 aromatic heterocycles. The second-order valence-corrected chi connectivity index (χ2v) is 8.90. The van der Waals surface area contributed by atoms with Crippen molar-refractivity contribution < 1.29 is 13.2 Å². The number of unbranched alkanes of at least 4 members (excludes halogenated alkanes) is 1. The Labute approximate surface area is 185 Å². The van der Waals surface area contributed by atoms with Crippen LogP contribution in [0.5, 0.6) is 0 Å². The summed E-state index contributed by atoms with van der Waals surface area (Å²) in [5.74, 6) is 0.882. The van der Waals surface area contributed by atoms with Crippen LogP contribution >= 0.6 is 0 Å². The van der Waals surface area contributed by atoms with Crippen molar-refractivity contribution in [1.29, 1.82) is 0 Å². The zero-order valence-electron chi connectivity index (χ0n) is 18.8. The Morgan fingerprint density at radius 2 is 1.68 bits per heavy atom. The summed E-state index contributed by atoms with van der Waals surface area (Å²) in [4.78, 5) is 0. The molecule has 0 bridgehead atoms. The van der Waals surface area contributed by atoms with E-state index in [-0.39, 0.29) is 5.56 Å². The smallest absolute Gasteiger partial charge is 0.206 e. The molecule has 0 unspecified atom stereocenters. The van der Waals surface area contributed by atoms with E-state index in [1.807, 2.05) is 24.3 Å². The lowest BCUT2D eigenvalue weighted by Crippen LogP contribution is -2.13. The monoisotopic (exact) mass is 428 g/mol. The average molecular weight is 429 g/mol. The highest BCUT2D eigenvalue weighted by Gasteiger charge is 2.21. The minimum absolute atomic E-state index is 0.257. The maximum atomic E-state index is 14.8. The summed E-state index contributed by atoms with van der Waals surface area (Å²) >= 11 is 0. The SMILES string of the molecule is C/C=C/C1CCC(CCCCc2ccc(-c3ccc(CC)c(C(F)F)c3F)cc2)CC1. The number of hydrogen-bond donors (Lipinski definition) is 0. The van der Waals surface area contributed by atoms with Crippen molar-refractivity contribution in [2.24, 2.45) is 11.8 Å². The van der Waals surface area contributed by atoms with E-state index in [0.717, 1.165) is 24.7 Å². The maximum absolute atomic E-state index is 14.8. The molecule has 1 aliphatic carbocycles. The van der Waals surface area contributed by atoms with Crippen LogP contribution in [0.4, 0.5) is 13.2 Å². The number of benzene rings is 2. The van der Waals surface area contributed by atoms with Gasteiger partial charge in [-0.15, -0.1) is 0 Å². The van der Waals surface area contributed by atoms with Crippen molar-refractivity contribution in [2.75, 3.05) is 0 Å². The lowest BCUT2D eigenvalue weighted by Gasteiger charge is -2.26. The van der Waals surface area contributed by atoms with Gasteiger partial charge in [0.15, 0.2) is 0 Å². The van der Waals surface area contributed by atoms with Gasteiger partial charge in [0.05, 0.1) is 5.56 Å². The number of hydrogen-bond acceptors (Lipinski definition) is 0. The van der Waals surface area contributed by atoms with E-state index in [1.165, 1.54) is 44.1 Å². The molecule has 2 aromatic carbocycles. The van der Waals surface area contributed by atoms with Crippen LogP contribution in [0.2, 0.25) is 0 Å². The summed E-state index contributed by atoms with van der Waals surface area (Å²) in [5, 5.41) is 0. The normalized spacial score (nSPS) is 19.4. The van der Waals surface area contributed by atoms with Crippen LogP contribution in [0.3, 0.4) is 0 Å². The molecule has 0 amide bonds. The molecule has 0 atom stereocenters. The second-order valence-electron chi connectivity index (χ2n) is 8.90. The van der Waals surface area contributed by atoms with Gasteiger partial charge in [0.1, 0.15) is 5.82 Å². The first-order chi connectivity index (χ1) is 15.0. The van der Waals surface area contributed by atoms with E-state index in [4.69, 9.17) is 0 Å². The number of rotatable bonds is 9. The minimum Gasteiger partial charge on any atom is -0.206 e. The Morgan fingerprint density at radius 1 is 0.968 bits per heavy atom. The molecule has 0 radical (unpaired) electrons. The van der Waals surface area contributed by atoms with E-state index in [1.54, 1.807) is 19.1 Å². The molecule has 168 valence electrons. The van der Waals surface area contributed by atoms with Crippen LogP contribution in [0.15, 0.2) is 48.6 Å². The average Bonchev–Trinajstić information content (AvgIpc) is 2.78. The van der Waals surface area contributed by atoms with Crippen molar-refractivity contribution in [3.05, 3.63) is 71.1 Å². The zero-order chi connectivity index (χ0) is 22.2. The molecule has 0 saturated heterocycles. The molecule has 0 heterocycles. The first-order valence-electron chi connectivity index (χ1n) is 11.8. The summed E-state index contributed by atoms with van der Waals surface area (Å²) in [6, 6.07) is 11.0. The Morgan fingerprint density at radius 3 is 2.29 bits per heavy atom. The molecule has 31 heavy (non-hydrogen) atoms. The summed E-state index contributed by atoms with van der Waals surface area (Å²) in [6.07, 6.45) is 12.2. The van der Waals surface area contributed by atoms with Gasteiger partial charge in [-0.2, -0.15) is 0 Å². The predicted octanol–water partition coefficient (Wildman–Crippen LogP) is 9.09. The first kappa shape index (κ1) is 23.6. The lowest BCUT2D eigenvalue weighted by atomic mass is 9.79. The third-order valence-electron chi connectivity index (χ3n) is 6.82. The molecule has 0 spiro atoms. The van der Waals surface area contributed by atoms with E-state index in [2.05, 4.69) is 19.1 Å². The van der Waals surface area contributed by atoms with Gasteiger partial charge in [-0.25, -0.2) is 13.2 Å². The molecule has 3 rings (SSSR count). The highest BCUT2D eigenvalue weighted by Crippen LogP contribution is 2.34. The fourth-order valence-corrected chi connectivity index (χ4v) is 4.95. The molecule has 1 saturated carbocycles. The van der Waals surface area contributed by atoms with Gasteiger partial charge in [-0.3, -0.25) is 0 Å². The van der Waals surface area contributed by atoms with Gasteiger partial charge >= 0.3 is 0 Å². The molecule has 2 aromatic rings. The zero-order valence-corrected chi connectivity index (χ0v) is 18.8. The quantitative estimate of drug-likeness (QED) is 0.276. The van der Waals surface area contributed by atoms with Gasteiger partial charge in [0, 0.05) is 5.56 Å². The van der Waals surface area contributed by atoms with Crippen molar-refractivity contribution in [3.8, 4) is 11.1 Å². The number of halogens is 3. The molecular weight excluding hydrogens is 393 g/mol. The van der Waals surface area contributed by atoms with Gasteiger partial charge in [0.2, 0.25) is 0 Å². The van der Waals surface area contributed by atoms with Gasteiger partial charge in [-0.05, 0) is 80.4 Å². The van der Waals surface area contributed by atoms with Crippen LogP contribution in [0.1, 0.15) is 81.9 Å². The fraction of sp³-hybridized carbons (Fsp3) is 0.500. The fourth-order valence-electron chi connectivity index (χ4n) is 4.95. The minimum atomic E-state index is -2.80. The molecule has 1 aliphatic rings. The number of allylic oxidation sites excluding steroid dienone is 2. The van der Waals surface area contributed by atoms with E-state index < -0.39 is 17.8 Å². The van der Waals surface area contributed by atoms with Crippen LogP contribution in [-0.2, 0) is 12.8 Å². The summed E-state index contributed by atoms with van der Waals surface area (Å²) < 4.78 is 41.5. The van der Waals surface area contributed by atoms with Crippen LogP contribution in [-0.4, -0.2) is 0 Å². The molecular formula is C28H35F3. The highest BCUT2D eigenvalue weighted by molar-refractivity contribution is 5.66.